The Bertz CT molecular complexity index is 573. The van der Waals surface area contributed by atoms with Crippen molar-refractivity contribution in [2.75, 3.05) is 19.0 Å². The van der Waals surface area contributed by atoms with Crippen LogP contribution in [0.15, 0.2) is 11.0 Å². The molecule has 0 aliphatic heterocycles. The van der Waals surface area contributed by atoms with Gasteiger partial charge in [0, 0.05) is 6.54 Å². The van der Waals surface area contributed by atoms with Crippen LogP contribution in [0.25, 0.3) is 0 Å². The van der Waals surface area contributed by atoms with Crippen molar-refractivity contribution in [3.05, 3.63) is 21.6 Å². The van der Waals surface area contributed by atoms with Gasteiger partial charge in [-0.25, -0.2) is 4.68 Å². The smallest absolute Gasteiger partial charge is 0.327 e. The van der Waals surface area contributed by atoms with Gasteiger partial charge in [0.15, 0.2) is 0 Å². The molecule has 1 aromatic rings. The number of hydrogen-bond acceptors (Lipinski definition) is 5. The van der Waals surface area contributed by atoms with Crippen LogP contribution in [0.5, 0.6) is 0 Å². The van der Waals surface area contributed by atoms with Crippen molar-refractivity contribution < 1.29 is 9.53 Å². The quantitative estimate of drug-likeness (QED) is 0.841. The lowest BCUT2D eigenvalue weighted by molar-refractivity contribution is -0.141. The number of carbonyl (C=O) groups is 1. The first kappa shape index (κ1) is 15.8. The molecule has 1 N–H and O–H groups in total. The number of methoxy groups -OCH3 is 1. The maximum absolute atomic E-state index is 12.0. The van der Waals surface area contributed by atoms with Gasteiger partial charge in [0.2, 0.25) is 0 Å². The Hall–Kier alpha value is -1.56. The molecule has 0 radical (unpaired) electrons. The van der Waals surface area contributed by atoms with E-state index < -0.39 is 11.5 Å². The van der Waals surface area contributed by atoms with Crippen LogP contribution in [0, 0.1) is 11.8 Å². The van der Waals surface area contributed by atoms with Crippen molar-refractivity contribution in [1.82, 2.24) is 9.78 Å². The summed E-state index contributed by atoms with van der Waals surface area (Å²) < 4.78 is 5.50. The summed E-state index contributed by atoms with van der Waals surface area (Å²) in [5.41, 5.74) is 0.0224. The Morgan fingerprint density at radius 3 is 2.95 bits per heavy atom. The third-order valence-electron chi connectivity index (χ3n) is 3.88. The lowest BCUT2D eigenvalue weighted by Gasteiger charge is -2.13. The van der Waals surface area contributed by atoms with E-state index in [9.17, 15) is 9.59 Å². The molecule has 0 spiro atoms. The van der Waals surface area contributed by atoms with Gasteiger partial charge in [-0.05, 0) is 24.7 Å². The minimum atomic E-state index is -0.540. The Labute approximate surface area is 128 Å². The highest BCUT2D eigenvalue weighted by atomic mass is 35.5. The molecule has 1 fully saturated rings. The molecule has 0 aromatic carbocycles. The van der Waals surface area contributed by atoms with E-state index in [0.29, 0.717) is 11.6 Å². The van der Waals surface area contributed by atoms with Gasteiger partial charge in [0.1, 0.15) is 11.6 Å². The highest BCUT2D eigenvalue weighted by Gasteiger charge is 2.21. The molecular weight excluding hydrogens is 294 g/mol. The van der Waals surface area contributed by atoms with Crippen molar-refractivity contribution in [2.45, 2.75) is 32.7 Å². The number of aromatic nitrogens is 2. The SMILES string of the molecule is COC(=O)Cn1ncc(NCC2CCC(C)C2)c(Cl)c1=O. The Balaban J connectivity index is 2.03. The van der Waals surface area contributed by atoms with Crippen molar-refractivity contribution in [2.24, 2.45) is 11.8 Å². The van der Waals surface area contributed by atoms with E-state index in [1.807, 2.05) is 0 Å². The third-order valence-corrected chi connectivity index (χ3v) is 4.24. The molecular formula is C14H20ClN3O3. The zero-order valence-electron chi connectivity index (χ0n) is 12.3. The van der Waals surface area contributed by atoms with E-state index in [4.69, 9.17) is 11.6 Å². The number of nitrogens with zero attached hydrogens (tertiary/aromatic N) is 2. The van der Waals surface area contributed by atoms with Crippen LogP contribution < -0.4 is 10.9 Å². The maximum atomic E-state index is 12.0. The lowest BCUT2D eigenvalue weighted by Crippen LogP contribution is -2.28. The molecule has 7 heteroatoms. The summed E-state index contributed by atoms with van der Waals surface area (Å²) in [7, 11) is 1.26. The fraction of sp³-hybridized carbons (Fsp3) is 0.643. The predicted molar refractivity (Wildman–Crippen MR) is 80.5 cm³/mol. The van der Waals surface area contributed by atoms with Gasteiger partial charge in [-0.1, -0.05) is 24.9 Å². The first-order chi connectivity index (χ1) is 10.0. The molecule has 1 heterocycles. The maximum Gasteiger partial charge on any atom is 0.327 e. The number of halogens is 1. The Morgan fingerprint density at radius 2 is 2.33 bits per heavy atom. The van der Waals surface area contributed by atoms with Gasteiger partial charge < -0.3 is 10.1 Å². The molecule has 2 atom stereocenters. The lowest BCUT2D eigenvalue weighted by atomic mass is 10.1. The highest BCUT2D eigenvalue weighted by Crippen LogP contribution is 2.30. The molecule has 2 rings (SSSR count). The molecule has 1 aliphatic rings. The van der Waals surface area contributed by atoms with Gasteiger partial charge in [-0.15, -0.1) is 0 Å². The van der Waals surface area contributed by atoms with E-state index >= 15 is 0 Å². The minimum Gasteiger partial charge on any atom is -0.468 e. The third kappa shape index (κ3) is 3.97. The molecule has 1 aliphatic carbocycles. The van der Waals surface area contributed by atoms with Crippen LogP contribution in [0.1, 0.15) is 26.2 Å². The molecule has 6 nitrogen and oxygen atoms in total. The molecule has 116 valence electrons. The fourth-order valence-electron chi connectivity index (χ4n) is 2.65. The average Bonchev–Trinajstić information content (AvgIpc) is 2.88. The Kier molecular flexibility index (Phi) is 5.22. The van der Waals surface area contributed by atoms with Crippen LogP contribution in [-0.4, -0.2) is 29.4 Å². The van der Waals surface area contributed by atoms with Crippen LogP contribution in [-0.2, 0) is 16.1 Å². The summed E-state index contributed by atoms with van der Waals surface area (Å²) in [5.74, 6) is 0.827. The van der Waals surface area contributed by atoms with Gasteiger partial charge >= 0.3 is 5.97 Å². The Morgan fingerprint density at radius 1 is 1.57 bits per heavy atom. The van der Waals surface area contributed by atoms with Gasteiger partial charge in [0.05, 0.1) is 19.0 Å². The normalized spacial score (nSPS) is 21.3. The predicted octanol–water partition coefficient (Wildman–Crippen LogP) is 1.92. The number of ether oxygens (including phenoxy) is 1. The summed E-state index contributed by atoms with van der Waals surface area (Å²) in [4.78, 5) is 23.2. The first-order valence-electron chi connectivity index (χ1n) is 7.07. The van der Waals surface area contributed by atoms with Gasteiger partial charge in [-0.3, -0.25) is 9.59 Å². The van der Waals surface area contributed by atoms with Crippen molar-refractivity contribution >= 4 is 23.3 Å². The standard InChI is InChI=1S/C14H20ClN3O3/c1-9-3-4-10(5-9)6-16-11-7-17-18(8-12(19)21-2)14(20)13(11)15/h7,9-10,16H,3-6,8H2,1-2H3. The summed E-state index contributed by atoms with van der Waals surface area (Å²) in [6.07, 6.45) is 5.11. The molecule has 0 amide bonds. The first-order valence-corrected chi connectivity index (χ1v) is 7.45. The minimum absolute atomic E-state index is 0.0555. The summed E-state index contributed by atoms with van der Waals surface area (Å²) in [6.45, 7) is 2.80. The van der Waals surface area contributed by atoms with E-state index in [1.54, 1.807) is 0 Å². The monoisotopic (exact) mass is 313 g/mol. The molecule has 0 saturated heterocycles. The van der Waals surface area contributed by atoms with Crippen LogP contribution in [0.4, 0.5) is 5.69 Å². The van der Waals surface area contributed by atoms with E-state index in [1.165, 1.54) is 32.6 Å². The number of rotatable bonds is 5. The van der Waals surface area contributed by atoms with Crippen molar-refractivity contribution in [3.8, 4) is 0 Å². The van der Waals surface area contributed by atoms with Crippen LogP contribution in [0.2, 0.25) is 5.02 Å². The second-order valence-electron chi connectivity index (χ2n) is 5.58. The summed E-state index contributed by atoms with van der Waals surface area (Å²) >= 11 is 6.05. The van der Waals surface area contributed by atoms with Crippen LogP contribution >= 0.6 is 11.6 Å². The largest absolute Gasteiger partial charge is 0.468 e. The van der Waals surface area contributed by atoms with E-state index in [0.717, 1.165) is 17.1 Å². The van der Waals surface area contributed by atoms with E-state index in [2.05, 4.69) is 22.1 Å². The number of carbonyl (C=O) groups excluding carboxylic acids is 1. The number of nitrogens with one attached hydrogen (secondary N) is 1. The van der Waals surface area contributed by atoms with Crippen molar-refractivity contribution in [3.63, 3.8) is 0 Å². The van der Waals surface area contributed by atoms with Crippen LogP contribution in [0.3, 0.4) is 0 Å². The van der Waals surface area contributed by atoms with Gasteiger partial charge in [-0.2, -0.15) is 5.10 Å². The van der Waals surface area contributed by atoms with Gasteiger partial charge in [0.25, 0.3) is 5.56 Å². The molecule has 1 saturated carbocycles. The topological polar surface area (TPSA) is 73.2 Å². The molecule has 2 unspecified atom stereocenters. The average molecular weight is 314 g/mol. The summed E-state index contributed by atoms with van der Waals surface area (Å²) in [6, 6.07) is 0. The zero-order chi connectivity index (χ0) is 15.4. The molecule has 1 aromatic heterocycles. The second-order valence-corrected chi connectivity index (χ2v) is 5.95. The second kappa shape index (κ2) is 6.93. The van der Waals surface area contributed by atoms with Crippen molar-refractivity contribution in [1.29, 1.82) is 0 Å². The van der Waals surface area contributed by atoms with E-state index in [-0.39, 0.29) is 11.6 Å². The zero-order valence-corrected chi connectivity index (χ0v) is 13.0. The number of hydrogen-bond donors (Lipinski definition) is 1. The number of anilines is 1. The molecule has 21 heavy (non-hydrogen) atoms. The highest BCUT2D eigenvalue weighted by molar-refractivity contribution is 6.32. The molecule has 0 bridgehead atoms. The fourth-order valence-corrected chi connectivity index (χ4v) is 2.87. The summed E-state index contributed by atoms with van der Waals surface area (Å²) in [5, 5.41) is 7.19. The number of esters is 1.